The third-order valence-corrected chi connectivity index (χ3v) is 5.09. The van der Waals surface area contributed by atoms with E-state index in [-0.39, 0.29) is 19.4 Å². The maximum atomic E-state index is 12.2. The molecule has 0 aromatic heterocycles. The summed E-state index contributed by atoms with van der Waals surface area (Å²) in [5.41, 5.74) is 2.06. The third-order valence-electron chi connectivity index (χ3n) is 5.09. The number of rotatable bonds is 6. The van der Waals surface area contributed by atoms with Gasteiger partial charge in [0.2, 0.25) is 6.79 Å². The fraction of sp³-hybridized carbons (Fsp3) is 0.381. The average Bonchev–Trinajstić information content (AvgIpc) is 3.22. The van der Waals surface area contributed by atoms with Crippen LogP contribution in [0.3, 0.4) is 0 Å². The summed E-state index contributed by atoms with van der Waals surface area (Å²) in [6.07, 6.45) is -0.415. The average molecular weight is 385 g/mol. The largest absolute Gasteiger partial charge is 0.454 e. The number of benzene rings is 2. The molecular formula is C21H25N2O5+. The molecule has 1 fully saturated rings. The van der Waals surface area contributed by atoms with Crippen LogP contribution in [-0.2, 0) is 16.1 Å². The van der Waals surface area contributed by atoms with E-state index in [4.69, 9.17) is 18.9 Å². The molecule has 2 aliphatic heterocycles. The van der Waals surface area contributed by atoms with Gasteiger partial charge in [-0.3, -0.25) is 0 Å². The number of ether oxygens (including phenoxy) is 4. The number of carbonyl (C=O) groups excluding carboxylic acids is 1. The van der Waals surface area contributed by atoms with Crippen molar-refractivity contribution >= 4 is 6.09 Å². The summed E-state index contributed by atoms with van der Waals surface area (Å²) >= 11 is 0. The van der Waals surface area contributed by atoms with Gasteiger partial charge in [0, 0.05) is 5.56 Å². The highest BCUT2D eigenvalue weighted by atomic mass is 16.7. The molecule has 4 rings (SSSR count). The van der Waals surface area contributed by atoms with E-state index in [1.54, 1.807) is 0 Å². The molecule has 28 heavy (non-hydrogen) atoms. The van der Waals surface area contributed by atoms with E-state index < -0.39 is 6.09 Å². The Morgan fingerprint density at radius 3 is 2.68 bits per heavy atom. The van der Waals surface area contributed by atoms with Crippen LogP contribution in [0.4, 0.5) is 4.79 Å². The Balaban J connectivity index is 1.40. The maximum absolute atomic E-state index is 12.2. The van der Waals surface area contributed by atoms with Crippen molar-refractivity contribution in [2.45, 2.75) is 12.6 Å². The smallest absolute Gasteiger partial charge is 0.407 e. The minimum Gasteiger partial charge on any atom is -0.454 e. The molecule has 1 atom stereocenters. The zero-order valence-electron chi connectivity index (χ0n) is 15.7. The number of carbonyl (C=O) groups is 1. The van der Waals surface area contributed by atoms with Crippen molar-refractivity contribution < 1.29 is 28.6 Å². The SMILES string of the molecule is O=C(NC[C@H](c1ccc2c(c1)OCO2)[NH+]1CCOCC1)OCc1ccccc1. The van der Waals surface area contributed by atoms with Crippen LogP contribution in [0.5, 0.6) is 11.5 Å². The van der Waals surface area contributed by atoms with Gasteiger partial charge in [-0.1, -0.05) is 30.3 Å². The van der Waals surface area contributed by atoms with Crippen molar-refractivity contribution in [2.24, 2.45) is 0 Å². The number of nitrogens with one attached hydrogen (secondary N) is 2. The molecule has 2 aromatic rings. The lowest BCUT2D eigenvalue weighted by molar-refractivity contribution is -0.937. The van der Waals surface area contributed by atoms with Crippen molar-refractivity contribution in [3.05, 3.63) is 59.7 Å². The minimum atomic E-state index is -0.415. The predicted octanol–water partition coefficient (Wildman–Crippen LogP) is 1.30. The topological polar surface area (TPSA) is 70.5 Å². The molecule has 2 aliphatic rings. The molecule has 148 valence electrons. The fourth-order valence-electron chi connectivity index (χ4n) is 3.57. The summed E-state index contributed by atoms with van der Waals surface area (Å²) in [4.78, 5) is 13.6. The molecule has 0 bridgehead atoms. The van der Waals surface area contributed by atoms with E-state index >= 15 is 0 Å². The highest BCUT2D eigenvalue weighted by Gasteiger charge is 2.28. The number of morpholine rings is 1. The molecular weight excluding hydrogens is 360 g/mol. The van der Waals surface area contributed by atoms with Gasteiger partial charge in [0.15, 0.2) is 11.5 Å². The first-order chi connectivity index (χ1) is 13.8. The highest BCUT2D eigenvalue weighted by molar-refractivity contribution is 5.67. The van der Waals surface area contributed by atoms with E-state index in [9.17, 15) is 4.79 Å². The first-order valence-electron chi connectivity index (χ1n) is 9.56. The molecule has 0 spiro atoms. The number of hydrogen-bond acceptors (Lipinski definition) is 5. The molecule has 2 aromatic carbocycles. The van der Waals surface area contributed by atoms with Crippen LogP contribution in [-0.4, -0.2) is 45.7 Å². The summed E-state index contributed by atoms with van der Waals surface area (Å²) < 4.78 is 21.8. The standard InChI is InChI=1S/C21H24N2O5/c24-21(26-14-16-4-2-1-3-5-16)22-13-18(23-8-10-25-11-9-23)17-6-7-19-20(12-17)28-15-27-19/h1-7,12,18H,8-11,13-15H2,(H,22,24)/p+1/t18-/m1/s1. The molecule has 2 N–H and O–H groups in total. The van der Waals surface area contributed by atoms with Crippen LogP contribution in [0.2, 0.25) is 0 Å². The quantitative estimate of drug-likeness (QED) is 0.784. The number of alkyl carbamates (subject to hydrolysis) is 1. The Bertz CT molecular complexity index is 793. The van der Waals surface area contributed by atoms with Crippen molar-refractivity contribution in [3.63, 3.8) is 0 Å². The van der Waals surface area contributed by atoms with Crippen LogP contribution in [0.1, 0.15) is 17.2 Å². The van der Waals surface area contributed by atoms with Gasteiger partial charge in [-0.25, -0.2) is 4.79 Å². The van der Waals surface area contributed by atoms with Crippen LogP contribution in [0, 0.1) is 0 Å². The van der Waals surface area contributed by atoms with Gasteiger partial charge in [0.1, 0.15) is 25.7 Å². The number of fused-ring (bicyclic) bond motifs is 1. The molecule has 1 amide bonds. The highest BCUT2D eigenvalue weighted by Crippen LogP contribution is 2.33. The lowest BCUT2D eigenvalue weighted by Crippen LogP contribution is -3.15. The second-order valence-corrected chi connectivity index (χ2v) is 6.88. The van der Waals surface area contributed by atoms with Crippen molar-refractivity contribution in [1.29, 1.82) is 0 Å². The van der Waals surface area contributed by atoms with E-state index in [1.165, 1.54) is 4.90 Å². The zero-order chi connectivity index (χ0) is 19.2. The summed E-state index contributed by atoms with van der Waals surface area (Å²) in [5.74, 6) is 1.51. The number of amides is 1. The molecule has 1 saturated heterocycles. The Morgan fingerprint density at radius 1 is 1.07 bits per heavy atom. The van der Waals surface area contributed by atoms with Crippen LogP contribution in [0.15, 0.2) is 48.5 Å². The third kappa shape index (κ3) is 4.55. The molecule has 0 unspecified atom stereocenters. The van der Waals surface area contributed by atoms with Crippen LogP contribution < -0.4 is 19.7 Å². The Kier molecular flexibility index (Phi) is 5.94. The van der Waals surface area contributed by atoms with Crippen LogP contribution in [0.25, 0.3) is 0 Å². The molecule has 0 saturated carbocycles. The molecule has 0 aliphatic carbocycles. The zero-order valence-corrected chi connectivity index (χ0v) is 15.7. The lowest BCUT2D eigenvalue weighted by atomic mass is 10.0. The molecule has 2 heterocycles. The summed E-state index contributed by atoms with van der Waals surface area (Å²) in [6, 6.07) is 15.7. The van der Waals surface area contributed by atoms with Gasteiger partial charge in [0.05, 0.1) is 19.8 Å². The fourth-order valence-corrected chi connectivity index (χ4v) is 3.57. The summed E-state index contributed by atoms with van der Waals surface area (Å²) in [7, 11) is 0. The first kappa shape index (κ1) is 18.6. The van der Waals surface area contributed by atoms with E-state index in [0.29, 0.717) is 6.54 Å². The predicted molar refractivity (Wildman–Crippen MR) is 101 cm³/mol. The van der Waals surface area contributed by atoms with Crippen LogP contribution >= 0.6 is 0 Å². The second kappa shape index (κ2) is 8.95. The number of quaternary nitrogens is 1. The van der Waals surface area contributed by atoms with Gasteiger partial charge in [-0.05, 0) is 23.8 Å². The van der Waals surface area contributed by atoms with E-state index in [0.717, 1.165) is 48.9 Å². The van der Waals surface area contributed by atoms with Crippen molar-refractivity contribution in [2.75, 3.05) is 39.6 Å². The van der Waals surface area contributed by atoms with E-state index in [1.807, 2.05) is 48.5 Å². The lowest BCUT2D eigenvalue weighted by Gasteiger charge is -2.31. The minimum absolute atomic E-state index is 0.0858. The van der Waals surface area contributed by atoms with Gasteiger partial charge < -0.3 is 29.2 Å². The monoisotopic (exact) mass is 385 g/mol. The Labute approximate surface area is 164 Å². The maximum Gasteiger partial charge on any atom is 0.407 e. The van der Waals surface area contributed by atoms with Gasteiger partial charge in [0.25, 0.3) is 0 Å². The normalized spacial score (nSPS) is 17.1. The van der Waals surface area contributed by atoms with Gasteiger partial charge in [-0.2, -0.15) is 0 Å². The van der Waals surface area contributed by atoms with Gasteiger partial charge >= 0.3 is 6.09 Å². The number of hydrogen-bond donors (Lipinski definition) is 2. The molecule has 7 nitrogen and oxygen atoms in total. The Morgan fingerprint density at radius 2 is 1.86 bits per heavy atom. The molecule has 7 heteroatoms. The van der Waals surface area contributed by atoms with E-state index in [2.05, 4.69) is 5.32 Å². The second-order valence-electron chi connectivity index (χ2n) is 6.88. The van der Waals surface area contributed by atoms with Gasteiger partial charge in [-0.15, -0.1) is 0 Å². The Hall–Kier alpha value is -2.77. The summed E-state index contributed by atoms with van der Waals surface area (Å²) in [6.45, 7) is 4.19. The van der Waals surface area contributed by atoms with Crippen molar-refractivity contribution in [3.8, 4) is 11.5 Å². The summed E-state index contributed by atoms with van der Waals surface area (Å²) in [5, 5.41) is 2.92. The van der Waals surface area contributed by atoms with Crippen molar-refractivity contribution in [1.82, 2.24) is 5.32 Å². The molecule has 0 radical (unpaired) electrons. The first-order valence-corrected chi connectivity index (χ1v) is 9.56.